The van der Waals surface area contributed by atoms with E-state index in [1.54, 1.807) is 42.6 Å². The maximum atomic E-state index is 14.6. The van der Waals surface area contributed by atoms with Gasteiger partial charge in [-0.05, 0) is 36.4 Å². The van der Waals surface area contributed by atoms with Crippen molar-refractivity contribution in [2.24, 2.45) is 0 Å². The molecule has 0 fully saturated rings. The van der Waals surface area contributed by atoms with Crippen LogP contribution in [-0.4, -0.2) is 34.2 Å². The van der Waals surface area contributed by atoms with Crippen molar-refractivity contribution in [2.45, 2.75) is 6.92 Å². The van der Waals surface area contributed by atoms with Gasteiger partial charge in [-0.2, -0.15) is 0 Å². The molecule has 2 aromatic heterocycles. The van der Waals surface area contributed by atoms with E-state index in [-0.39, 0.29) is 11.6 Å². The van der Waals surface area contributed by atoms with Gasteiger partial charge in [0.2, 0.25) is 11.8 Å². The first kappa shape index (κ1) is 19.7. The van der Waals surface area contributed by atoms with Crippen LogP contribution < -0.4 is 14.4 Å². The van der Waals surface area contributed by atoms with Gasteiger partial charge >= 0.3 is 0 Å². The molecule has 32 heavy (non-hydrogen) atoms. The molecule has 0 bridgehead atoms. The topological polar surface area (TPSA) is 90.6 Å². The lowest BCUT2D eigenvalue weighted by atomic mass is 10.0. The summed E-state index contributed by atoms with van der Waals surface area (Å²) >= 11 is 0. The van der Waals surface area contributed by atoms with Crippen LogP contribution in [0.2, 0.25) is 0 Å². The second-order valence-electron chi connectivity index (χ2n) is 6.97. The molecule has 0 atom stereocenters. The zero-order valence-corrected chi connectivity index (χ0v) is 17.0. The number of ether oxygens (including phenoxy) is 2. The Labute approximate surface area is 182 Å². The van der Waals surface area contributed by atoms with Gasteiger partial charge in [-0.1, -0.05) is 17.3 Å². The molecular formula is C23H17FN4O4. The Balaban J connectivity index is 1.72. The van der Waals surface area contributed by atoms with Gasteiger partial charge in [-0.15, -0.1) is 0 Å². The summed E-state index contributed by atoms with van der Waals surface area (Å²) in [5.41, 5.74) is 2.00. The van der Waals surface area contributed by atoms with E-state index in [1.165, 1.54) is 25.4 Å². The van der Waals surface area contributed by atoms with Gasteiger partial charge < -0.3 is 14.0 Å². The van der Waals surface area contributed by atoms with E-state index in [1.807, 2.05) is 0 Å². The van der Waals surface area contributed by atoms with Crippen LogP contribution in [0, 0.1) is 5.82 Å². The van der Waals surface area contributed by atoms with Gasteiger partial charge in [0.15, 0.2) is 11.5 Å². The first-order chi connectivity index (χ1) is 15.6. The molecule has 8 nitrogen and oxygen atoms in total. The number of amides is 1. The number of hydrogen-bond donors (Lipinski definition) is 0. The van der Waals surface area contributed by atoms with Crippen LogP contribution in [0.1, 0.15) is 6.92 Å². The number of halogens is 1. The molecule has 0 spiro atoms. The summed E-state index contributed by atoms with van der Waals surface area (Å²) in [5, 5.41) is 4.22. The van der Waals surface area contributed by atoms with E-state index in [0.29, 0.717) is 47.2 Å². The summed E-state index contributed by atoms with van der Waals surface area (Å²) in [5.74, 6) is 0.226. The Morgan fingerprint density at radius 1 is 1.06 bits per heavy atom. The van der Waals surface area contributed by atoms with E-state index in [2.05, 4.69) is 15.1 Å². The van der Waals surface area contributed by atoms with Crippen LogP contribution in [0.15, 0.2) is 65.6 Å². The fourth-order valence-corrected chi connectivity index (χ4v) is 3.55. The highest BCUT2D eigenvalue weighted by molar-refractivity contribution is 6.03. The number of para-hydroxylation sites is 1. The quantitative estimate of drug-likeness (QED) is 0.472. The van der Waals surface area contributed by atoms with Crippen molar-refractivity contribution < 1.29 is 23.2 Å². The average Bonchev–Trinajstić information content (AvgIpc) is 3.25. The summed E-state index contributed by atoms with van der Waals surface area (Å²) in [6.07, 6.45) is 2.94. The number of hydrogen-bond acceptors (Lipinski definition) is 7. The fourth-order valence-electron chi connectivity index (χ4n) is 3.55. The molecule has 1 aliphatic heterocycles. The second-order valence-corrected chi connectivity index (χ2v) is 6.97. The van der Waals surface area contributed by atoms with Crippen molar-refractivity contribution in [1.82, 2.24) is 15.1 Å². The molecule has 0 radical (unpaired) electrons. The van der Waals surface area contributed by atoms with Gasteiger partial charge in [0.1, 0.15) is 31.1 Å². The first-order valence-electron chi connectivity index (χ1n) is 9.85. The molecule has 0 aliphatic carbocycles. The van der Waals surface area contributed by atoms with Crippen molar-refractivity contribution in [1.29, 1.82) is 0 Å². The largest absolute Gasteiger partial charge is 0.486 e. The van der Waals surface area contributed by atoms with Crippen LogP contribution in [0.5, 0.6) is 11.5 Å². The van der Waals surface area contributed by atoms with Crippen LogP contribution in [-0.2, 0) is 4.79 Å². The van der Waals surface area contributed by atoms with Crippen LogP contribution in [0.3, 0.4) is 0 Å². The molecule has 4 aromatic rings. The first-order valence-corrected chi connectivity index (χ1v) is 9.85. The molecule has 9 heteroatoms. The Hall–Kier alpha value is -4.27. The third kappa shape index (κ3) is 3.43. The van der Waals surface area contributed by atoms with Gasteiger partial charge in [-0.3, -0.25) is 4.79 Å². The lowest BCUT2D eigenvalue weighted by Gasteiger charge is -2.20. The van der Waals surface area contributed by atoms with Crippen LogP contribution >= 0.6 is 0 Å². The summed E-state index contributed by atoms with van der Waals surface area (Å²) in [7, 11) is 0. The zero-order valence-electron chi connectivity index (χ0n) is 17.0. The van der Waals surface area contributed by atoms with Gasteiger partial charge in [0.25, 0.3) is 0 Å². The van der Waals surface area contributed by atoms with E-state index in [4.69, 9.17) is 14.0 Å². The highest BCUT2D eigenvalue weighted by Gasteiger charge is 2.30. The summed E-state index contributed by atoms with van der Waals surface area (Å²) in [6, 6.07) is 13.0. The number of carbonyl (C=O) groups excluding carboxylic acids is 1. The number of aromatic nitrogens is 3. The number of carbonyl (C=O) groups is 1. The molecule has 0 saturated heterocycles. The standard InChI is InChI=1S/C23H17FN4O4/c1-14(29)28(18-5-3-2-4-16(18)24)23-21(17-8-9-25-13-26-17)22(27-32-23)15-6-7-19-20(12-15)31-11-10-30-19/h2-9,12-13H,10-11H2,1H3. The van der Waals surface area contributed by atoms with E-state index >= 15 is 0 Å². The summed E-state index contributed by atoms with van der Waals surface area (Å²) in [6.45, 7) is 2.23. The third-order valence-electron chi connectivity index (χ3n) is 4.94. The van der Waals surface area contributed by atoms with Crippen molar-refractivity contribution in [2.75, 3.05) is 18.1 Å². The SMILES string of the molecule is CC(=O)N(c1ccccc1F)c1onc(-c2ccc3c(c2)OCCO3)c1-c1ccncn1. The third-order valence-corrected chi connectivity index (χ3v) is 4.94. The average molecular weight is 432 g/mol. The number of fused-ring (bicyclic) bond motifs is 1. The highest BCUT2D eigenvalue weighted by atomic mass is 19.1. The minimum atomic E-state index is -0.575. The molecule has 0 unspecified atom stereocenters. The molecule has 1 aliphatic rings. The Kier molecular flexibility index (Phi) is 4.98. The monoisotopic (exact) mass is 432 g/mol. The van der Waals surface area contributed by atoms with Crippen LogP contribution in [0.25, 0.3) is 22.5 Å². The van der Waals surface area contributed by atoms with Crippen LogP contribution in [0.4, 0.5) is 16.0 Å². The summed E-state index contributed by atoms with van der Waals surface area (Å²) < 4.78 is 31.5. The Bertz CT molecular complexity index is 1290. The fraction of sp³-hybridized carbons (Fsp3) is 0.130. The lowest BCUT2D eigenvalue weighted by Crippen LogP contribution is -2.24. The van der Waals surface area contributed by atoms with Gasteiger partial charge in [0, 0.05) is 18.7 Å². The van der Waals surface area contributed by atoms with Crippen molar-refractivity contribution >= 4 is 17.5 Å². The molecular weight excluding hydrogens is 415 g/mol. The predicted octanol–water partition coefficient (Wildman–Crippen LogP) is 4.39. The van der Waals surface area contributed by atoms with E-state index in [0.717, 1.165) is 4.90 Å². The molecule has 160 valence electrons. The normalized spacial score (nSPS) is 12.4. The van der Waals surface area contributed by atoms with E-state index < -0.39 is 11.7 Å². The smallest absolute Gasteiger partial charge is 0.248 e. The number of rotatable bonds is 4. The molecule has 0 saturated carbocycles. The second kappa shape index (κ2) is 8.10. The maximum absolute atomic E-state index is 14.6. The molecule has 5 rings (SSSR count). The lowest BCUT2D eigenvalue weighted by molar-refractivity contribution is -0.116. The van der Waals surface area contributed by atoms with Crippen molar-refractivity contribution in [3.8, 4) is 34.0 Å². The van der Waals surface area contributed by atoms with Gasteiger partial charge in [-0.25, -0.2) is 19.3 Å². The molecule has 1 amide bonds. The maximum Gasteiger partial charge on any atom is 0.248 e. The van der Waals surface area contributed by atoms with Crippen molar-refractivity contribution in [3.63, 3.8) is 0 Å². The Morgan fingerprint density at radius 2 is 1.88 bits per heavy atom. The number of nitrogens with zero attached hydrogens (tertiary/aromatic N) is 4. The predicted molar refractivity (Wildman–Crippen MR) is 113 cm³/mol. The van der Waals surface area contributed by atoms with Gasteiger partial charge in [0.05, 0.1) is 16.9 Å². The number of anilines is 2. The zero-order chi connectivity index (χ0) is 22.1. The highest BCUT2D eigenvalue weighted by Crippen LogP contribution is 2.43. The summed E-state index contributed by atoms with van der Waals surface area (Å²) in [4.78, 5) is 22.0. The minimum Gasteiger partial charge on any atom is -0.486 e. The molecule has 3 heterocycles. The molecule has 0 N–H and O–H groups in total. The minimum absolute atomic E-state index is 0.0418. The van der Waals surface area contributed by atoms with E-state index in [9.17, 15) is 9.18 Å². The number of benzene rings is 2. The Morgan fingerprint density at radius 3 is 2.62 bits per heavy atom. The van der Waals surface area contributed by atoms with Crippen molar-refractivity contribution in [3.05, 3.63) is 66.9 Å². The molecule has 2 aromatic carbocycles.